The number of hydrogen-bond acceptors (Lipinski definition) is 3. The topological polar surface area (TPSA) is 64.2 Å². The number of anilines is 1. The number of carbonyl (C=O) groups excluding carboxylic acids is 1. The smallest absolute Gasteiger partial charge is 0.255 e. The van der Waals surface area contributed by atoms with Crippen LogP contribution in [-0.2, 0) is 11.4 Å². The van der Waals surface area contributed by atoms with Gasteiger partial charge >= 0.3 is 0 Å². The maximum Gasteiger partial charge on any atom is 0.255 e. The summed E-state index contributed by atoms with van der Waals surface area (Å²) in [5.74, 6) is -0.681. The predicted molar refractivity (Wildman–Crippen MR) is 97.2 cm³/mol. The van der Waals surface area contributed by atoms with Gasteiger partial charge in [-0.15, -0.1) is 4.72 Å². The van der Waals surface area contributed by atoms with Crippen molar-refractivity contribution in [2.24, 2.45) is 0 Å². The highest BCUT2D eigenvalue weighted by Gasteiger charge is 2.33. The summed E-state index contributed by atoms with van der Waals surface area (Å²) < 4.78 is 28.7. The molecule has 0 heterocycles. The summed E-state index contributed by atoms with van der Waals surface area (Å²) in [6.45, 7) is 2.09. The second-order valence-electron chi connectivity index (χ2n) is 6.63. The summed E-state index contributed by atoms with van der Waals surface area (Å²) in [4.78, 5) is 12.9. The lowest BCUT2D eigenvalue weighted by molar-refractivity contribution is 0.102. The van der Waals surface area contributed by atoms with Crippen LogP contribution in [0.5, 0.6) is 0 Å². The van der Waals surface area contributed by atoms with Crippen LogP contribution in [-0.4, -0.2) is 16.0 Å². The largest absolute Gasteiger partial charge is 0.593 e. The molecule has 0 aromatic heterocycles. The van der Waals surface area contributed by atoms with Crippen LogP contribution in [0.3, 0.4) is 0 Å². The van der Waals surface area contributed by atoms with Gasteiger partial charge in [0.1, 0.15) is 5.82 Å². The Kier molecular flexibility index (Phi) is 5.42. The lowest BCUT2D eigenvalue weighted by Crippen LogP contribution is -2.43. The molecule has 0 bridgehead atoms. The number of benzene rings is 2. The molecule has 0 aliphatic heterocycles. The van der Waals surface area contributed by atoms with Gasteiger partial charge in [-0.05, 0) is 56.2 Å². The normalized spacial score (nSPS) is 17.2. The molecule has 0 spiro atoms. The van der Waals surface area contributed by atoms with Crippen molar-refractivity contribution in [3.05, 3.63) is 59.9 Å². The highest BCUT2D eigenvalue weighted by Crippen LogP contribution is 2.30. The molecule has 0 saturated heterocycles. The van der Waals surface area contributed by atoms with E-state index in [-0.39, 0.29) is 17.3 Å². The Balaban J connectivity index is 1.69. The molecule has 1 fully saturated rings. The van der Waals surface area contributed by atoms with Crippen LogP contribution in [0.4, 0.5) is 10.1 Å². The number of halogens is 1. The van der Waals surface area contributed by atoms with E-state index in [4.69, 9.17) is 0 Å². The SMILES string of the molecule is CC1(N[S+]([O-])c2cccc(C(=O)Nc3ccc(F)cc3)c2)CCCC1. The Labute approximate surface area is 150 Å². The van der Waals surface area contributed by atoms with Crippen molar-refractivity contribution < 1.29 is 13.7 Å². The monoisotopic (exact) mass is 360 g/mol. The van der Waals surface area contributed by atoms with E-state index in [2.05, 4.69) is 17.0 Å². The van der Waals surface area contributed by atoms with E-state index in [1.807, 2.05) is 0 Å². The van der Waals surface area contributed by atoms with Crippen LogP contribution >= 0.6 is 0 Å². The third-order valence-electron chi connectivity index (χ3n) is 4.46. The van der Waals surface area contributed by atoms with Gasteiger partial charge in [0, 0.05) is 17.3 Å². The van der Waals surface area contributed by atoms with Crippen molar-refractivity contribution in [3.8, 4) is 0 Å². The van der Waals surface area contributed by atoms with E-state index in [1.165, 1.54) is 24.3 Å². The third-order valence-corrected chi connectivity index (χ3v) is 5.82. The number of nitrogens with one attached hydrogen (secondary N) is 2. The first-order valence-electron chi connectivity index (χ1n) is 8.32. The number of amides is 1. The van der Waals surface area contributed by atoms with Gasteiger partial charge in [-0.1, -0.05) is 18.9 Å². The van der Waals surface area contributed by atoms with Crippen molar-refractivity contribution in [2.45, 2.75) is 43.0 Å². The van der Waals surface area contributed by atoms with Crippen molar-refractivity contribution in [1.82, 2.24) is 4.72 Å². The van der Waals surface area contributed by atoms with Crippen LogP contribution in [0.2, 0.25) is 0 Å². The average molecular weight is 360 g/mol. The molecule has 1 aliphatic rings. The summed E-state index contributed by atoms with van der Waals surface area (Å²) in [6.07, 6.45) is 4.29. The first-order valence-corrected chi connectivity index (χ1v) is 9.47. The molecule has 2 aromatic rings. The first-order chi connectivity index (χ1) is 12.0. The van der Waals surface area contributed by atoms with Gasteiger partial charge in [-0.25, -0.2) is 4.39 Å². The molecular weight excluding hydrogens is 339 g/mol. The lowest BCUT2D eigenvalue weighted by atomic mass is 10.0. The minimum absolute atomic E-state index is 0.114. The quantitative estimate of drug-likeness (QED) is 0.792. The minimum Gasteiger partial charge on any atom is -0.593 e. The van der Waals surface area contributed by atoms with E-state index in [0.29, 0.717) is 16.1 Å². The second kappa shape index (κ2) is 7.56. The summed E-state index contributed by atoms with van der Waals surface area (Å²) in [5, 5.41) is 2.71. The second-order valence-corrected chi connectivity index (χ2v) is 7.84. The van der Waals surface area contributed by atoms with Gasteiger partial charge in [-0.2, -0.15) is 0 Å². The molecule has 25 heavy (non-hydrogen) atoms. The minimum atomic E-state index is -1.37. The van der Waals surface area contributed by atoms with Crippen LogP contribution in [0.25, 0.3) is 0 Å². The maximum absolute atomic E-state index is 12.9. The molecule has 132 valence electrons. The van der Waals surface area contributed by atoms with Gasteiger partial charge in [0.25, 0.3) is 5.91 Å². The molecular formula is C19H21FN2O2S. The van der Waals surface area contributed by atoms with Crippen molar-refractivity contribution in [2.75, 3.05) is 5.32 Å². The van der Waals surface area contributed by atoms with Crippen LogP contribution in [0.15, 0.2) is 53.4 Å². The van der Waals surface area contributed by atoms with Crippen molar-refractivity contribution in [3.63, 3.8) is 0 Å². The number of rotatable bonds is 5. The first kappa shape index (κ1) is 17.9. The lowest BCUT2D eigenvalue weighted by Gasteiger charge is -2.25. The Morgan fingerprint density at radius 1 is 1.16 bits per heavy atom. The highest BCUT2D eigenvalue weighted by atomic mass is 32.2. The van der Waals surface area contributed by atoms with Gasteiger partial charge in [-0.3, -0.25) is 4.79 Å². The van der Waals surface area contributed by atoms with E-state index in [9.17, 15) is 13.7 Å². The number of hydrogen-bond donors (Lipinski definition) is 2. The van der Waals surface area contributed by atoms with E-state index in [0.717, 1.165) is 25.7 Å². The summed E-state index contributed by atoms with van der Waals surface area (Å²) in [6, 6.07) is 12.3. The molecule has 2 N–H and O–H groups in total. The van der Waals surface area contributed by atoms with Crippen molar-refractivity contribution >= 4 is 23.0 Å². The molecule has 1 amide bonds. The zero-order valence-electron chi connectivity index (χ0n) is 14.0. The zero-order valence-corrected chi connectivity index (χ0v) is 14.9. The Hall–Kier alpha value is -1.89. The van der Waals surface area contributed by atoms with Gasteiger partial charge < -0.3 is 9.87 Å². The Morgan fingerprint density at radius 2 is 1.84 bits per heavy atom. The third kappa shape index (κ3) is 4.60. The molecule has 6 heteroatoms. The van der Waals surface area contributed by atoms with E-state index < -0.39 is 11.4 Å². The summed E-state index contributed by atoms with van der Waals surface area (Å²) >= 11 is -1.37. The molecule has 1 unspecified atom stereocenters. The fraction of sp³-hybridized carbons (Fsp3) is 0.316. The maximum atomic E-state index is 12.9. The molecule has 4 nitrogen and oxygen atoms in total. The predicted octanol–water partition coefficient (Wildman–Crippen LogP) is 4.02. The Morgan fingerprint density at radius 3 is 2.52 bits per heavy atom. The molecule has 1 saturated carbocycles. The van der Waals surface area contributed by atoms with Gasteiger partial charge in [0.2, 0.25) is 0 Å². The molecule has 3 rings (SSSR count). The van der Waals surface area contributed by atoms with Crippen LogP contribution < -0.4 is 10.0 Å². The molecule has 2 aromatic carbocycles. The zero-order chi connectivity index (χ0) is 17.9. The van der Waals surface area contributed by atoms with Crippen LogP contribution in [0, 0.1) is 5.82 Å². The standard InChI is InChI=1S/C19H21FN2O2S/c1-19(11-2-3-12-19)22-25(24)17-6-4-5-14(13-17)18(23)21-16-9-7-15(20)8-10-16/h4-10,13,22H,2-3,11-12H2,1H3,(H,21,23). The number of carbonyl (C=O) groups is 1. The van der Waals surface area contributed by atoms with E-state index in [1.54, 1.807) is 24.3 Å². The fourth-order valence-electron chi connectivity index (χ4n) is 3.03. The summed E-state index contributed by atoms with van der Waals surface area (Å²) in [5.41, 5.74) is 0.806. The van der Waals surface area contributed by atoms with Crippen LogP contribution in [0.1, 0.15) is 43.0 Å². The molecule has 1 atom stereocenters. The fourth-order valence-corrected chi connectivity index (χ4v) is 4.23. The highest BCUT2D eigenvalue weighted by molar-refractivity contribution is 7.89. The van der Waals surface area contributed by atoms with E-state index >= 15 is 0 Å². The molecule has 0 radical (unpaired) electrons. The average Bonchev–Trinajstić information content (AvgIpc) is 3.03. The van der Waals surface area contributed by atoms with Gasteiger partial charge in [0.05, 0.1) is 16.9 Å². The van der Waals surface area contributed by atoms with Crippen molar-refractivity contribution in [1.29, 1.82) is 0 Å². The Bertz CT molecular complexity index is 745. The molecule has 1 aliphatic carbocycles. The van der Waals surface area contributed by atoms with Gasteiger partial charge in [0.15, 0.2) is 4.90 Å². The summed E-state index contributed by atoms with van der Waals surface area (Å²) in [7, 11) is 0.